The summed E-state index contributed by atoms with van der Waals surface area (Å²) in [4.78, 5) is -0.263. The molecular formula is C16H18CaO6S2. The average molecular weight is 411 g/mol. The average Bonchev–Trinajstić information content (AvgIpc) is 2.35. The number of benzene rings is 2. The van der Waals surface area contributed by atoms with Gasteiger partial charge in [-0.15, -0.1) is 0 Å². The second kappa shape index (κ2) is 9.45. The molecule has 0 unspecified atom stereocenters. The largest absolute Gasteiger partial charge is 2.00 e. The van der Waals surface area contributed by atoms with Gasteiger partial charge in [-0.1, -0.05) is 35.4 Å². The van der Waals surface area contributed by atoms with Crippen molar-refractivity contribution in [3.63, 3.8) is 0 Å². The first-order chi connectivity index (χ1) is 10.8. The molecule has 2 rings (SSSR count). The van der Waals surface area contributed by atoms with Crippen LogP contribution >= 0.6 is 0 Å². The van der Waals surface area contributed by atoms with E-state index in [9.17, 15) is 25.9 Å². The molecule has 0 saturated heterocycles. The normalized spacial score (nSPS) is 11.1. The Bertz CT molecular complexity index is 871. The Morgan fingerprint density at radius 1 is 0.640 bits per heavy atom. The van der Waals surface area contributed by atoms with Gasteiger partial charge < -0.3 is 9.11 Å². The molecule has 0 aliphatic rings. The fourth-order valence-corrected chi connectivity index (χ4v) is 3.54. The third-order valence-electron chi connectivity index (χ3n) is 3.20. The van der Waals surface area contributed by atoms with E-state index in [0.717, 1.165) is 11.1 Å². The Hall–Kier alpha value is -0.480. The van der Waals surface area contributed by atoms with Gasteiger partial charge >= 0.3 is 37.7 Å². The number of rotatable bonds is 2. The van der Waals surface area contributed by atoms with Crippen LogP contribution in [0.5, 0.6) is 0 Å². The van der Waals surface area contributed by atoms with E-state index in [1.165, 1.54) is 12.1 Å². The zero-order chi connectivity index (χ0) is 18.7. The Labute approximate surface area is 178 Å². The Morgan fingerprint density at radius 3 is 1.12 bits per heavy atom. The quantitative estimate of drug-likeness (QED) is 0.553. The Kier molecular flexibility index (Phi) is 9.27. The van der Waals surface area contributed by atoms with E-state index in [1.807, 2.05) is 13.8 Å². The monoisotopic (exact) mass is 410 g/mol. The van der Waals surface area contributed by atoms with Crippen molar-refractivity contribution in [3.8, 4) is 0 Å². The predicted octanol–water partition coefficient (Wildman–Crippen LogP) is 2.03. The van der Waals surface area contributed by atoms with Gasteiger partial charge in [0.15, 0.2) is 0 Å². The van der Waals surface area contributed by atoms with Crippen LogP contribution in [0.3, 0.4) is 0 Å². The van der Waals surface area contributed by atoms with Crippen molar-refractivity contribution in [3.05, 3.63) is 58.7 Å². The van der Waals surface area contributed by atoms with E-state index in [1.54, 1.807) is 38.1 Å². The van der Waals surface area contributed by atoms with E-state index >= 15 is 0 Å². The molecule has 2 aromatic rings. The third-order valence-corrected chi connectivity index (χ3v) is 5.19. The van der Waals surface area contributed by atoms with E-state index in [2.05, 4.69) is 0 Å². The van der Waals surface area contributed by atoms with Gasteiger partial charge in [0.05, 0.1) is 9.79 Å². The second-order valence-corrected chi connectivity index (χ2v) is 8.14. The van der Waals surface area contributed by atoms with Gasteiger partial charge in [-0.3, -0.25) is 0 Å². The minimum absolute atomic E-state index is 0. The summed E-state index contributed by atoms with van der Waals surface area (Å²) in [6, 6.07) is 9.24. The number of aryl methyl sites for hydroxylation is 4. The van der Waals surface area contributed by atoms with Crippen molar-refractivity contribution in [1.29, 1.82) is 0 Å². The topological polar surface area (TPSA) is 114 Å². The molecule has 0 N–H and O–H groups in total. The van der Waals surface area contributed by atoms with Gasteiger partial charge in [-0.05, 0) is 51.0 Å². The molecule has 2 aromatic carbocycles. The molecule has 0 amide bonds. The summed E-state index contributed by atoms with van der Waals surface area (Å²) >= 11 is 0. The van der Waals surface area contributed by atoms with Gasteiger partial charge in [-0.2, -0.15) is 0 Å². The minimum atomic E-state index is -4.30. The van der Waals surface area contributed by atoms with Crippen LogP contribution in [0.2, 0.25) is 0 Å². The van der Waals surface area contributed by atoms with Crippen LogP contribution < -0.4 is 0 Å². The first-order valence-electron chi connectivity index (χ1n) is 6.88. The summed E-state index contributed by atoms with van der Waals surface area (Å²) in [5.41, 5.74) is 2.90. The summed E-state index contributed by atoms with van der Waals surface area (Å²) in [7, 11) is -8.60. The molecule has 0 saturated carbocycles. The second-order valence-electron chi connectivity index (χ2n) is 5.45. The molecular weight excluding hydrogens is 392 g/mol. The van der Waals surface area contributed by atoms with Crippen LogP contribution in [0.15, 0.2) is 46.2 Å². The van der Waals surface area contributed by atoms with Gasteiger partial charge in [0.1, 0.15) is 20.2 Å². The number of hydrogen-bond donors (Lipinski definition) is 0. The third kappa shape index (κ3) is 7.74. The van der Waals surface area contributed by atoms with Gasteiger partial charge in [0.25, 0.3) is 0 Å². The Balaban J connectivity index is 0.000000443. The first kappa shape index (κ1) is 24.5. The van der Waals surface area contributed by atoms with Crippen LogP contribution in [0.4, 0.5) is 0 Å². The van der Waals surface area contributed by atoms with Gasteiger partial charge in [-0.25, -0.2) is 16.8 Å². The van der Waals surface area contributed by atoms with Gasteiger partial charge in [0, 0.05) is 0 Å². The maximum atomic E-state index is 10.6. The Morgan fingerprint density at radius 2 is 0.920 bits per heavy atom. The van der Waals surface area contributed by atoms with Crippen LogP contribution in [0, 0.1) is 27.7 Å². The van der Waals surface area contributed by atoms with Crippen LogP contribution in [-0.2, 0) is 20.2 Å². The minimum Gasteiger partial charge on any atom is -0.744 e. The molecule has 0 spiro atoms. The maximum Gasteiger partial charge on any atom is 2.00 e. The first-order valence-corrected chi connectivity index (χ1v) is 9.70. The molecule has 0 heterocycles. The fraction of sp³-hybridized carbons (Fsp3) is 0.250. The predicted molar refractivity (Wildman–Crippen MR) is 93.5 cm³/mol. The molecule has 0 aromatic heterocycles. The standard InChI is InChI=1S/2C8H10O3S.Ca/c2*1-6-3-4-8(7(2)5-6)12(9,10)11;/h2*3-5H,1-2H3,(H,9,10,11);/q;;+2/p-2. The zero-order valence-electron chi connectivity index (χ0n) is 14.4. The summed E-state index contributed by atoms with van der Waals surface area (Å²) in [6.45, 7) is 6.90. The zero-order valence-corrected chi connectivity index (χ0v) is 18.3. The summed E-state index contributed by atoms with van der Waals surface area (Å²) < 4.78 is 63.7. The molecule has 0 atom stereocenters. The molecule has 0 radical (unpaired) electrons. The van der Waals surface area contributed by atoms with E-state index in [-0.39, 0.29) is 47.5 Å². The molecule has 0 bridgehead atoms. The van der Waals surface area contributed by atoms with Crippen molar-refractivity contribution in [2.24, 2.45) is 0 Å². The van der Waals surface area contributed by atoms with Crippen molar-refractivity contribution in [1.82, 2.24) is 0 Å². The fourth-order valence-electron chi connectivity index (χ4n) is 2.16. The summed E-state index contributed by atoms with van der Waals surface area (Å²) in [5, 5.41) is 0. The molecule has 0 aliphatic carbocycles. The van der Waals surface area contributed by atoms with Crippen molar-refractivity contribution >= 4 is 58.0 Å². The van der Waals surface area contributed by atoms with Crippen LogP contribution in [0.1, 0.15) is 22.3 Å². The molecule has 0 fully saturated rings. The number of hydrogen-bond acceptors (Lipinski definition) is 6. The molecule has 132 valence electrons. The molecule has 0 aliphatic heterocycles. The maximum absolute atomic E-state index is 10.6. The molecule has 9 heteroatoms. The van der Waals surface area contributed by atoms with E-state index in [4.69, 9.17) is 0 Å². The van der Waals surface area contributed by atoms with Crippen molar-refractivity contribution < 1.29 is 25.9 Å². The van der Waals surface area contributed by atoms with Crippen molar-refractivity contribution in [2.45, 2.75) is 37.5 Å². The van der Waals surface area contributed by atoms with Crippen LogP contribution in [-0.4, -0.2) is 63.7 Å². The smallest absolute Gasteiger partial charge is 0.744 e. The molecule has 25 heavy (non-hydrogen) atoms. The van der Waals surface area contributed by atoms with Gasteiger partial charge in [0.2, 0.25) is 0 Å². The van der Waals surface area contributed by atoms with Crippen LogP contribution in [0.25, 0.3) is 0 Å². The van der Waals surface area contributed by atoms with E-state index in [0.29, 0.717) is 11.1 Å². The molecule has 6 nitrogen and oxygen atoms in total. The van der Waals surface area contributed by atoms with E-state index < -0.39 is 20.2 Å². The van der Waals surface area contributed by atoms with Crippen molar-refractivity contribution in [2.75, 3.05) is 0 Å². The summed E-state index contributed by atoms with van der Waals surface area (Å²) in [6.07, 6.45) is 0. The summed E-state index contributed by atoms with van der Waals surface area (Å²) in [5.74, 6) is 0. The SMILES string of the molecule is Cc1ccc(S(=O)(=O)[O-])c(C)c1.Cc1ccc(S(=O)(=O)[O-])c(C)c1.[Ca+2].